The van der Waals surface area contributed by atoms with E-state index in [9.17, 15) is 4.79 Å². The van der Waals surface area contributed by atoms with Gasteiger partial charge in [0.15, 0.2) is 0 Å². The fourth-order valence-corrected chi connectivity index (χ4v) is 0.876. The molecule has 1 N–H and O–H groups in total. The van der Waals surface area contributed by atoms with Crippen LogP contribution in [0.4, 0.5) is 0 Å². The fourth-order valence-electron chi connectivity index (χ4n) is 0.876. The van der Waals surface area contributed by atoms with Crippen LogP contribution in [0.1, 0.15) is 15.9 Å². The van der Waals surface area contributed by atoms with Gasteiger partial charge in [0, 0.05) is 18.0 Å². The van der Waals surface area contributed by atoms with Gasteiger partial charge in [-0.25, -0.2) is 5.48 Å². The van der Waals surface area contributed by atoms with Gasteiger partial charge < -0.3 is 0 Å². The molecular formula is C8H10N2O2. The van der Waals surface area contributed by atoms with Crippen molar-refractivity contribution >= 4 is 5.91 Å². The fraction of sp³-hybridized carbons (Fsp3) is 0.250. The molecule has 1 heterocycles. The number of nitrogens with one attached hydrogen (secondary N) is 1. The molecule has 0 fully saturated rings. The molecule has 0 radical (unpaired) electrons. The molecule has 1 rings (SSSR count). The Morgan fingerprint density at radius 2 is 2.42 bits per heavy atom. The Balaban J connectivity index is 2.87. The monoisotopic (exact) mass is 166 g/mol. The summed E-state index contributed by atoms with van der Waals surface area (Å²) in [6.07, 6.45) is 3.20. The Morgan fingerprint density at radius 1 is 1.67 bits per heavy atom. The first-order valence-corrected chi connectivity index (χ1v) is 3.49. The van der Waals surface area contributed by atoms with Gasteiger partial charge in [-0.3, -0.25) is 14.6 Å². The lowest BCUT2D eigenvalue weighted by molar-refractivity contribution is 0.0537. The Hall–Kier alpha value is -1.42. The lowest BCUT2D eigenvalue weighted by Gasteiger charge is -2.03. The molecule has 0 aromatic carbocycles. The van der Waals surface area contributed by atoms with Crippen LogP contribution in [0.3, 0.4) is 0 Å². The molecule has 0 aliphatic heterocycles. The summed E-state index contributed by atoms with van der Waals surface area (Å²) in [5.74, 6) is -0.252. The molecule has 0 saturated heterocycles. The molecule has 1 amide bonds. The van der Waals surface area contributed by atoms with E-state index in [-0.39, 0.29) is 5.91 Å². The first-order valence-electron chi connectivity index (χ1n) is 3.49. The highest BCUT2D eigenvalue weighted by atomic mass is 16.6. The normalized spacial score (nSPS) is 9.50. The number of pyridine rings is 1. The number of rotatable bonds is 2. The standard InChI is InChI=1S/C8H10N2O2/c1-6-5-9-4-3-7(6)8(11)10-12-2/h3-5H,1-2H3,(H,10,11). The van der Waals surface area contributed by atoms with Crippen molar-refractivity contribution in [3.05, 3.63) is 29.6 Å². The van der Waals surface area contributed by atoms with Gasteiger partial charge in [-0.15, -0.1) is 0 Å². The molecule has 12 heavy (non-hydrogen) atoms. The second-order valence-corrected chi connectivity index (χ2v) is 2.33. The number of hydroxylamine groups is 1. The largest absolute Gasteiger partial charge is 0.277 e. The van der Waals surface area contributed by atoms with E-state index in [1.807, 2.05) is 6.92 Å². The van der Waals surface area contributed by atoms with Crippen LogP contribution in [0.15, 0.2) is 18.5 Å². The summed E-state index contributed by atoms with van der Waals surface area (Å²) >= 11 is 0. The number of amides is 1. The van der Waals surface area contributed by atoms with Crippen LogP contribution < -0.4 is 5.48 Å². The molecule has 0 unspecified atom stereocenters. The van der Waals surface area contributed by atoms with Crippen molar-refractivity contribution in [1.29, 1.82) is 0 Å². The molecule has 0 bridgehead atoms. The highest BCUT2D eigenvalue weighted by Gasteiger charge is 2.06. The van der Waals surface area contributed by atoms with Gasteiger partial charge in [-0.05, 0) is 18.6 Å². The van der Waals surface area contributed by atoms with E-state index in [0.29, 0.717) is 5.56 Å². The SMILES string of the molecule is CONC(=O)c1ccncc1C. The smallest absolute Gasteiger partial charge is 0.275 e. The maximum atomic E-state index is 11.2. The van der Waals surface area contributed by atoms with Crippen molar-refractivity contribution in [1.82, 2.24) is 10.5 Å². The molecule has 4 heteroatoms. The number of hydrogen-bond acceptors (Lipinski definition) is 3. The number of aryl methyl sites for hydroxylation is 1. The third-order valence-electron chi connectivity index (χ3n) is 1.46. The average Bonchev–Trinajstić information content (AvgIpc) is 2.05. The number of carbonyl (C=O) groups excluding carboxylic acids is 1. The first kappa shape index (κ1) is 8.67. The van der Waals surface area contributed by atoms with Crippen LogP contribution in [0, 0.1) is 6.92 Å². The van der Waals surface area contributed by atoms with Gasteiger partial charge in [0.05, 0.1) is 7.11 Å². The van der Waals surface area contributed by atoms with Crippen molar-refractivity contribution < 1.29 is 9.63 Å². The Kier molecular flexibility index (Phi) is 2.76. The molecule has 64 valence electrons. The zero-order chi connectivity index (χ0) is 8.97. The first-order chi connectivity index (χ1) is 5.75. The van der Waals surface area contributed by atoms with Crippen molar-refractivity contribution in [2.45, 2.75) is 6.92 Å². The van der Waals surface area contributed by atoms with E-state index in [0.717, 1.165) is 5.56 Å². The van der Waals surface area contributed by atoms with Crippen LogP contribution in [-0.4, -0.2) is 18.0 Å². The number of hydrogen-bond donors (Lipinski definition) is 1. The average molecular weight is 166 g/mol. The quantitative estimate of drug-likeness (QED) is 0.657. The van der Waals surface area contributed by atoms with Crippen LogP contribution >= 0.6 is 0 Å². The summed E-state index contributed by atoms with van der Waals surface area (Å²) in [5.41, 5.74) is 3.64. The second-order valence-electron chi connectivity index (χ2n) is 2.33. The van der Waals surface area contributed by atoms with Gasteiger partial charge in [-0.1, -0.05) is 0 Å². The van der Waals surface area contributed by atoms with Crippen LogP contribution in [-0.2, 0) is 4.84 Å². The lowest BCUT2D eigenvalue weighted by Crippen LogP contribution is -2.22. The Bertz CT molecular complexity index is 286. The van der Waals surface area contributed by atoms with E-state index in [2.05, 4.69) is 15.3 Å². The van der Waals surface area contributed by atoms with Gasteiger partial charge >= 0.3 is 0 Å². The number of carbonyl (C=O) groups is 1. The van der Waals surface area contributed by atoms with Crippen LogP contribution in [0.25, 0.3) is 0 Å². The minimum Gasteiger partial charge on any atom is -0.277 e. The maximum Gasteiger partial charge on any atom is 0.275 e. The van der Waals surface area contributed by atoms with Crippen molar-refractivity contribution in [3.63, 3.8) is 0 Å². The Morgan fingerprint density at radius 3 is 3.00 bits per heavy atom. The summed E-state index contributed by atoms with van der Waals surface area (Å²) < 4.78 is 0. The molecule has 1 aromatic rings. The minimum absolute atomic E-state index is 0.252. The molecule has 0 spiro atoms. The van der Waals surface area contributed by atoms with E-state index < -0.39 is 0 Å². The van der Waals surface area contributed by atoms with Gasteiger partial charge in [0.2, 0.25) is 0 Å². The topological polar surface area (TPSA) is 51.2 Å². The summed E-state index contributed by atoms with van der Waals surface area (Å²) in [7, 11) is 1.40. The highest BCUT2D eigenvalue weighted by molar-refractivity contribution is 5.94. The van der Waals surface area contributed by atoms with E-state index >= 15 is 0 Å². The zero-order valence-corrected chi connectivity index (χ0v) is 7.00. The van der Waals surface area contributed by atoms with Crippen molar-refractivity contribution in [2.75, 3.05) is 7.11 Å². The third-order valence-corrected chi connectivity index (χ3v) is 1.46. The molecule has 0 saturated carbocycles. The summed E-state index contributed by atoms with van der Waals surface area (Å²) in [4.78, 5) is 19.6. The van der Waals surface area contributed by atoms with E-state index in [1.54, 1.807) is 18.5 Å². The molecule has 0 atom stereocenters. The van der Waals surface area contributed by atoms with Gasteiger partial charge in [-0.2, -0.15) is 0 Å². The predicted molar refractivity (Wildman–Crippen MR) is 43.4 cm³/mol. The predicted octanol–water partition coefficient (Wildman–Crippen LogP) is 0.681. The minimum atomic E-state index is -0.252. The molecule has 4 nitrogen and oxygen atoms in total. The zero-order valence-electron chi connectivity index (χ0n) is 7.00. The lowest BCUT2D eigenvalue weighted by atomic mass is 10.1. The van der Waals surface area contributed by atoms with Crippen LogP contribution in [0.5, 0.6) is 0 Å². The van der Waals surface area contributed by atoms with E-state index in [1.165, 1.54) is 7.11 Å². The molecule has 0 aliphatic carbocycles. The van der Waals surface area contributed by atoms with Gasteiger partial charge in [0.1, 0.15) is 0 Å². The third kappa shape index (κ3) is 1.79. The van der Waals surface area contributed by atoms with Crippen molar-refractivity contribution in [3.8, 4) is 0 Å². The molecule has 1 aromatic heterocycles. The highest BCUT2D eigenvalue weighted by Crippen LogP contribution is 2.03. The van der Waals surface area contributed by atoms with Gasteiger partial charge in [0.25, 0.3) is 5.91 Å². The second kappa shape index (κ2) is 3.82. The molecule has 0 aliphatic rings. The number of aromatic nitrogens is 1. The van der Waals surface area contributed by atoms with Crippen LogP contribution in [0.2, 0.25) is 0 Å². The summed E-state index contributed by atoms with van der Waals surface area (Å²) in [6, 6.07) is 1.64. The maximum absolute atomic E-state index is 11.2. The summed E-state index contributed by atoms with van der Waals surface area (Å²) in [6.45, 7) is 1.82. The molecular weight excluding hydrogens is 156 g/mol. The Labute approximate surface area is 70.5 Å². The van der Waals surface area contributed by atoms with Crippen molar-refractivity contribution in [2.24, 2.45) is 0 Å². The summed E-state index contributed by atoms with van der Waals surface area (Å²) in [5, 5.41) is 0. The number of nitrogens with zero attached hydrogens (tertiary/aromatic N) is 1. The van der Waals surface area contributed by atoms with E-state index in [4.69, 9.17) is 0 Å².